The largest absolute Gasteiger partial charge is 0.497 e. The third kappa shape index (κ3) is 5.72. The van der Waals surface area contributed by atoms with E-state index < -0.39 is 5.60 Å². The second-order valence-electron chi connectivity index (χ2n) is 5.19. The lowest BCUT2D eigenvalue weighted by Gasteiger charge is -2.21. The Labute approximate surface area is 153 Å². The van der Waals surface area contributed by atoms with Gasteiger partial charge in [-0.15, -0.1) is 24.0 Å². The molecular weight excluding hydrogens is 405 g/mol. The van der Waals surface area contributed by atoms with Crippen LogP contribution in [0, 0.1) is 0 Å². The molecule has 0 aliphatic heterocycles. The molecule has 0 aliphatic rings. The number of benzene rings is 2. The number of aliphatic hydroxyl groups is 1. The normalized spacial score (nSPS) is 13.6. The zero-order valence-electron chi connectivity index (χ0n) is 13.2. The number of nitrogens with two attached hydrogens (primary N) is 1. The van der Waals surface area contributed by atoms with Crippen molar-refractivity contribution in [3.8, 4) is 5.75 Å². The van der Waals surface area contributed by atoms with E-state index in [1.807, 2.05) is 54.6 Å². The van der Waals surface area contributed by atoms with Gasteiger partial charge in [0.05, 0.1) is 13.7 Å². The van der Waals surface area contributed by atoms with Crippen LogP contribution in [0.3, 0.4) is 0 Å². The molecule has 4 N–H and O–H groups in total. The van der Waals surface area contributed by atoms with Gasteiger partial charge in [0.25, 0.3) is 0 Å². The van der Waals surface area contributed by atoms with E-state index >= 15 is 0 Å². The second kappa shape index (κ2) is 8.73. The Bertz CT molecular complexity index is 628. The van der Waals surface area contributed by atoms with Crippen molar-refractivity contribution in [2.24, 2.45) is 10.7 Å². The van der Waals surface area contributed by atoms with Gasteiger partial charge in [0, 0.05) is 5.69 Å². The maximum Gasteiger partial charge on any atom is 0.193 e. The fourth-order valence-electron chi connectivity index (χ4n) is 1.99. The zero-order chi connectivity index (χ0) is 16.0. The summed E-state index contributed by atoms with van der Waals surface area (Å²) in [5.74, 6) is 1.02. The van der Waals surface area contributed by atoms with E-state index in [1.165, 1.54) is 0 Å². The summed E-state index contributed by atoms with van der Waals surface area (Å²) < 4.78 is 5.09. The molecule has 5 nitrogen and oxygen atoms in total. The standard InChI is InChI=1S/C17H21N3O2.HI/c1-17(21,13-6-4-3-5-7-13)12-19-16(18)20-14-8-10-15(22-2)11-9-14;/h3-11,21H,12H2,1-2H3,(H3,18,19,20);1H. The molecule has 0 fully saturated rings. The zero-order valence-corrected chi connectivity index (χ0v) is 15.5. The molecule has 0 saturated heterocycles. The maximum atomic E-state index is 10.5. The topological polar surface area (TPSA) is 79.9 Å². The Morgan fingerprint density at radius 2 is 1.78 bits per heavy atom. The Morgan fingerprint density at radius 1 is 1.17 bits per heavy atom. The van der Waals surface area contributed by atoms with Gasteiger partial charge in [-0.25, -0.2) is 4.99 Å². The quantitative estimate of drug-likeness (QED) is 0.390. The van der Waals surface area contributed by atoms with E-state index in [2.05, 4.69) is 10.3 Å². The van der Waals surface area contributed by atoms with Crippen LogP contribution >= 0.6 is 24.0 Å². The first kappa shape index (κ1) is 19.2. The molecule has 2 rings (SSSR count). The molecule has 0 radical (unpaired) electrons. The molecule has 0 aromatic heterocycles. The molecule has 0 saturated carbocycles. The Morgan fingerprint density at radius 3 is 2.35 bits per heavy atom. The number of hydrogen-bond donors (Lipinski definition) is 3. The molecule has 0 bridgehead atoms. The van der Waals surface area contributed by atoms with Gasteiger partial charge in [0.15, 0.2) is 5.96 Å². The molecule has 6 heteroatoms. The van der Waals surface area contributed by atoms with Gasteiger partial charge >= 0.3 is 0 Å². The summed E-state index contributed by atoms with van der Waals surface area (Å²) in [6.45, 7) is 1.89. The highest BCUT2D eigenvalue weighted by Crippen LogP contribution is 2.20. The fraction of sp³-hybridized carbons (Fsp3) is 0.235. The predicted octanol–water partition coefficient (Wildman–Crippen LogP) is 2.95. The van der Waals surface area contributed by atoms with E-state index in [0.29, 0.717) is 0 Å². The number of hydrogen-bond acceptors (Lipinski definition) is 3. The molecule has 1 atom stereocenters. The van der Waals surface area contributed by atoms with Crippen LogP contribution in [0.2, 0.25) is 0 Å². The highest BCUT2D eigenvalue weighted by Gasteiger charge is 2.22. The molecule has 2 aromatic rings. The first-order chi connectivity index (χ1) is 10.5. The minimum atomic E-state index is -1.06. The van der Waals surface area contributed by atoms with Crippen molar-refractivity contribution in [2.75, 3.05) is 19.0 Å². The van der Waals surface area contributed by atoms with Gasteiger partial charge in [-0.2, -0.15) is 0 Å². The van der Waals surface area contributed by atoms with E-state index in [1.54, 1.807) is 14.0 Å². The third-order valence-corrected chi connectivity index (χ3v) is 3.32. The maximum absolute atomic E-state index is 10.5. The van der Waals surface area contributed by atoms with Crippen LogP contribution in [0.1, 0.15) is 12.5 Å². The SMILES string of the molecule is COc1ccc(NC(N)=NCC(C)(O)c2ccccc2)cc1.I. The van der Waals surface area contributed by atoms with Crippen LogP contribution in [-0.4, -0.2) is 24.7 Å². The minimum Gasteiger partial charge on any atom is -0.497 e. The summed E-state index contributed by atoms with van der Waals surface area (Å²) in [5.41, 5.74) is 6.40. The van der Waals surface area contributed by atoms with Crippen molar-refractivity contribution in [1.82, 2.24) is 0 Å². The predicted molar refractivity (Wildman–Crippen MR) is 105 cm³/mol. The number of ether oxygens (including phenoxy) is 1. The van der Waals surface area contributed by atoms with E-state index in [-0.39, 0.29) is 36.5 Å². The Kier molecular flexibility index (Phi) is 7.31. The summed E-state index contributed by atoms with van der Waals surface area (Å²) in [6.07, 6.45) is 0. The average Bonchev–Trinajstić information content (AvgIpc) is 2.55. The first-order valence-corrected chi connectivity index (χ1v) is 7.00. The Balaban J connectivity index is 0.00000264. The molecule has 0 heterocycles. The summed E-state index contributed by atoms with van der Waals surface area (Å²) in [5, 5.41) is 13.4. The number of nitrogens with zero attached hydrogens (tertiary/aromatic N) is 1. The first-order valence-electron chi connectivity index (χ1n) is 7.00. The van der Waals surface area contributed by atoms with Crippen LogP contribution in [0.4, 0.5) is 5.69 Å². The van der Waals surface area contributed by atoms with Crippen molar-refractivity contribution in [1.29, 1.82) is 0 Å². The van der Waals surface area contributed by atoms with Gasteiger partial charge in [-0.05, 0) is 36.8 Å². The van der Waals surface area contributed by atoms with Gasteiger partial charge < -0.3 is 20.9 Å². The number of nitrogens with one attached hydrogen (secondary N) is 1. The summed E-state index contributed by atoms with van der Waals surface area (Å²) in [4.78, 5) is 4.21. The summed E-state index contributed by atoms with van der Waals surface area (Å²) >= 11 is 0. The lowest BCUT2D eigenvalue weighted by molar-refractivity contribution is 0.0674. The third-order valence-electron chi connectivity index (χ3n) is 3.32. The van der Waals surface area contributed by atoms with Crippen LogP contribution in [-0.2, 0) is 5.60 Å². The number of guanidine groups is 1. The lowest BCUT2D eigenvalue weighted by Crippen LogP contribution is -2.29. The van der Waals surface area contributed by atoms with Gasteiger partial charge in [0.2, 0.25) is 0 Å². The van der Waals surface area contributed by atoms with Crippen molar-refractivity contribution < 1.29 is 9.84 Å². The molecule has 124 valence electrons. The van der Waals surface area contributed by atoms with Crippen molar-refractivity contribution >= 4 is 35.6 Å². The highest BCUT2D eigenvalue weighted by molar-refractivity contribution is 14.0. The number of halogens is 1. The van der Waals surface area contributed by atoms with E-state index in [4.69, 9.17) is 10.5 Å². The number of methoxy groups -OCH3 is 1. The van der Waals surface area contributed by atoms with E-state index in [0.717, 1.165) is 17.0 Å². The van der Waals surface area contributed by atoms with Crippen molar-refractivity contribution in [2.45, 2.75) is 12.5 Å². The number of rotatable bonds is 5. The fourth-order valence-corrected chi connectivity index (χ4v) is 1.99. The monoisotopic (exact) mass is 427 g/mol. The molecular formula is C17H22IN3O2. The van der Waals surface area contributed by atoms with Crippen LogP contribution in [0.5, 0.6) is 5.75 Å². The second-order valence-corrected chi connectivity index (χ2v) is 5.19. The number of aliphatic imine (C=N–C) groups is 1. The van der Waals surface area contributed by atoms with Gasteiger partial charge in [0.1, 0.15) is 11.4 Å². The van der Waals surface area contributed by atoms with Crippen LogP contribution in [0.25, 0.3) is 0 Å². The van der Waals surface area contributed by atoms with E-state index in [9.17, 15) is 5.11 Å². The van der Waals surface area contributed by atoms with Gasteiger partial charge in [-0.1, -0.05) is 30.3 Å². The molecule has 0 aliphatic carbocycles. The molecule has 0 amide bonds. The van der Waals surface area contributed by atoms with Crippen LogP contribution < -0.4 is 15.8 Å². The summed E-state index contributed by atoms with van der Waals surface area (Å²) in [7, 11) is 1.61. The van der Waals surface area contributed by atoms with Crippen LogP contribution in [0.15, 0.2) is 59.6 Å². The molecule has 2 aromatic carbocycles. The number of anilines is 1. The van der Waals surface area contributed by atoms with Gasteiger partial charge in [-0.3, -0.25) is 0 Å². The average molecular weight is 427 g/mol. The molecule has 1 unspecified atom stereocenters. The highest BCUT2D eigenvalue weighted by atomic mass is 127. The smallest absolute Gasteiger partial charge is 0.193 e. The molecule has 23 heavy (non-hydrogen) atoms. The Hall–Kier alpha value is -1.80. The van der Waals surface area contributed by atoms with Crippen molar-refractivity contribution in [3.05, 3.63) is 60.2 Å². The summed E-state index contributed by atoms with van der Waals surface area (Å²) in [6, 6.07) is 16.7. The lowest BCUT2D eigenvalue weighted by atomic mass is 9.96. The molecule has 0 spiro atoms. The minimum absolute atomic E-state index is 0. The van der Waals surface area contributed by atoms with Crippen molar-refractivity contribution in [3.63, 3.8) is 0 Å².